The Hall–Kier alpha value is -1.09. The van der Waals surface area contributed by atoms with E-state index in [1.807, 2.05) is 0 Å². The van der Waals surface area contributed by atoms with E-state index in [0.717, 1.165) is 106 Å². The molecule has 0 atom stereocenters. The number of rotatable bonds is 2. The van der Waals surface area contributed by atoms with Crippen LogP contribution >= 0.6 is 16.4 Å². The minimum Gasteiger partial charge on any atom is -0.381 e. The second-order valence-electron chi connectivity index (χ2n) is 41.2. The van der Waals surface area contributed by atoms with Crippen molar-refractivity contribution in [3.05, 3.63) is 128 Å². The summed E-state index contributed by atoms with van der Waals surface area (Å²) in [5.41, 5.74) is 8.81. The predicted molar refractivity (Wildman–Crippen MR) is 565 cm³/mol. The molecule has 0 spiro atoms. The minimum absolute atomic E-state index is 0. The van der Waals surface area contributed by atoms with E-state index < -0.39 is 0 Å². The van der Waals surface area contributed by atoms with Crippen LogP contribution in [0.15, 0.2) is 84.9 Å². The largest absolute Gasteiger partial charge is 0.381 e. The van der Waals surface area contributed by atoms with E-state index in [0.29, 0.717) is 159 Å². The standard InChI is InChI=1S/C56H68P2.2C12H24O6.8C4H8O.2K/c1-51(2,3)33-27-43(53(7,8)9)49(44(28-33)54(10,11)12)57-47-37-25-21-19-23-35(37)39-32-42-40(31-41(39)47)36-24-20-22-26-38(36)48(42)58-50-45(55(13,14)15)29-34(52(4,5)6)30-46(50)56(16,17)18;2*1-2-14-5-6-16-9-10-18-12-11-17-8-7-15-4-3-13-1;8*1-2-4-5-3-1;;/h19-32H,1-18H3;2*1-12H2;8*1-4H2;;. The van der Waals surface area contributed by atoms with Crippen LogP contribution in [-0.2, 0) is 127 Å². The molecule has 760 valence electrons. The van der Waals surface area contributed by atoms with E-state index >= 15 is 0 Å². The van der Waals surface area contributed by atoms with Crippen molar-refractivity contribution < 1.29 is 94.7 Å². The van der Waals surface area contributed by atoms with E-state index in [1.165, 1.54) is 216 Å². The quantitative estimate of drug-likeness (QED) is 0.117. The molecule has 0 amide bonds. The first kappa shape index (κ1) is 125. The summed E-state index contributed by atoms with van der Waals surface area (Å²) < 4.78 is 103. The molecule has 0 unspecified atom stereocenters. The van der Waals surface area contributed by atoms with E-state index in [4.69, 9.17) is 94.7 Å². The molecule has 10 saturated heterocycles. The molecule has 0 aromatic heterocycles. The van der Waals surface area contributed by atoms with Gasteiger partial charge in [0.2, 0.25) is 0 Å². The van der Waals surface area contributed by atoms with Gasteiger partial charge in [-0.05, 0) is 224 Å². The molecule has 7 aromatic carbocycles. The van der Waals surface area contributed by atoms with Crippen molar-refractivity contribution >= 4 is 173 Å². The van der Waals surface area contributed by atoms with E-state index in [-0.39, 0.29) is 135 Å². The molecular formula is C112H180K2O20P2. The van der Waals surface area contributed by atoms with Gasteiger partial charge in [-0.1, -0.05) is 214 Å². The summed E-state index contributed by atoms with van der Waals surface area (Å²) in [4.78, 5) is 2.86. The van der Waals surface area contributed by atoms with Crippen molar-refractivity contribution in [1.29, 1.82) is 0 Å². The zero-order valence-electron chi connectivity index (χ0n) is 88.7. The van der Waals surface area contributed by atoms with Gasteiger partial charge in [-0.25, -0.2) is 0 Å². The Labute approximate surface area is 910 Å². The topological polar surface area (TPSA) is 185 Å². The first-order chi connectivity index (χ1) is 64.6. The smallest absolute Gasteiger partial charge is 0.0701 e. The Morgan fingerprint density at radius 2 is 0.301 bits per heavy atom. The van der Waals surface area contributed by atoms with Crippen LogP contribution in [0.5, 0.6) is 0 Å². The Morgan fingerprint density at radius 3 is 0.426 bits per heavy atom. The van der Waals surface area contributed by atoms with Crippen molar-refractivity contribution in [3.8, 4) is 0 Å². The maximum absolute atomic E-state index is 5.33. The first-order valence-corrected chi connectivity index (χ1v) is 52.8. The second kappa shape index (κ2) is 72.3. The third kappa shape index (κ3) is 51.0. The summed E-state index contributed by atoms with van der Waals surface area (Å²) in [6.07, 6.45) is 20.4. The maximum Gasteiger partial charge on any atom is 0.0701 e. The van der Waals surface area contributed by atoms with Crippen LogP contribution in [0.2, 0.25) is 0 Å². The number of ether oxygens (including phenoxy) is 20. The normalized spacial score (nSPS) is 19.6. The molecule has 10 fully saturated rings. The Balaban J connectivity index is 0.000000334. The average Bonchev–Trinajstić information content (AvgIpc) is 1.55. The van der Waals surface area contributed by atoms with Gasteiger partial charge in [-0.2, -0.15) is 0 Å². The van der Waals surface area contributed by atoms with Gasteiger partial charge in [0.15, 0.2) is 0 Å². The van der Waals surface area contributed by atoms with E-state index in [1.54, 1.807) is 0 Å². The molecule has 24 heteroatoms. The van der Waals surface area contributed by atoms with Crippen molar-refractivity contribution in [2.24, 2.45) is 0 Å². The summed E-state index contributed by atoms with van der Waals surface area (Å²) in [6.45, 7) is 73.0. The molecular weight excluding hydrogens is 1810 g/mol. The number of hydrogen-bond donors (Lipinski definition) is 0. The molecule has 0 bridgehead atoms. The van der Waals surface area contributed by atoms with Crippen LogP contribution in [0.25, 0.3) is 43.1 Å². The minimum atomic E-state index is -0.00613. The van der Waals surface area contributed by atoms with Crippen LogP contribution in [0.4, 0.5) is 0 Å². The van der Waals surface area contributed by atoms with Gasteiger partial charge < -0.3 is 94.7 Å². The third-order valence-corrected chi connectivity index (χ3v) is 26.1. The van der Waals surface area contributed by atoms with Crippen molar-refractivity contribution in [3.63, 3.8) is 0 Å². The fraction of sp³-hybridized carbons (Fsp3) is 0.714. The molecule has 7 aromatic rings. The van der Waals surface area contributed by atoms with Crippen LogP contribution in [0.1, 0.15) is 261 Å². The monoisotopic (exact) mass is 1990 g/mol. The molecule has 0 saturated carbocycles. The van der Waals surface area contributed by atoms with E-state index in [2.05, 4.69) is 210 Å². The van der Waals surface area contributed by atoms with Crippen LogP contribution in [0.3, 0.4) is 0 Å². The molecule has 10 aliphatic heterocycles. The number of benzene rings is 5. The summed E-state index contributed by atoms with van der Waals surface area (Å²) in [7, 11) is 2.56. The van der Waals surface area contributed by atoms with Gasteiger partial charge in [0.05, 0.1) is 159 Å². The Morgan fingerprint density at radius 1 is 0.162 bits per heavy atom. The number of hydrogen-bond acceptors (Lipinski definition) is 20. The van der Waals surface area contributed by atoms with Crippen molar-refractivity contribution in [2.45, 2.75) is 260 Å². The summed E-state index contributed by atoms with van der Waals surface area (Å²) in [5, 5.41) is 13.9. The molecule has 10 heterocycles. The maximum atomic E-state index is 5.33. The Bertz CT molecular complexity index is 3710. The molecule has 0 N–H and O–H groups in total. The Kier molecular flexibility index (Phi) is 66.6. The molecule has 2 radical (unpaired) electrons. The van der Waals surface area contributed by atoms with Gasteiger partial charge in [0.1, 0.15) is 0 Å². The second-order valence-corrected chi connectivity index (χ2v) is 43.4. The van der Waals surface area contributed by atoms with Crippen molar-refractivity contribution in [1.82, 2.24) is 0 Å². The fourth-order valence-electron chi connectivity index (χ4n) is 15.4. The molecule has 136 heavy (non-hydrogen) atoms. The molecule has 0 aliphatic carbocycles. The summed E-state index contributed by atoms with van der Waals surface area (Å²) >= 11 is 0. The van der Waals surface area contributed by atoms with Crippen LogP contribution < -0.4 is 10.6 Å². The fourth-order valence-corrected chi connectivity index (χ4v) is 19.2. The van der Waals surface area contributed by atoms with Gasteiger partial charge in [0, 0.05) is 229 Å². The average molecular weight is 1990 g/mol. The summed E-state index contributed by atoms with van der Waals surface area (Å²) in [5.74, 6) is 0. The molecule has 20 nitrogen and oxygen atoms in total. The van der Waals surface area contributed by atoms with Crippen LogP contribution in [-0.4, -0.2) is 367 Å². The SMILES string of the molecule is C1CCOC1.C1CCOC1.C1CCOC1.C1CCOC1.C1CCOC1.C1CCOC1.C1CCOC1.C1CCOC1.C1COCCOCCOCCOCCOCCO1.C1COCCOCCOCCOCCOCCO1.CC(C)(C)c1cc(C(C)(C)C)c(P=c2c3ccccc3c3cc4c(=Pc5c(C(C)(C)C)cc(C(C)(C)C)cc5C(C)(C)C)c5ccccc5c4cc23)c(C(C)(C)C)c1.[K].[K]. The van der Waals surface area contributed by atoms with Crippen LogP contribution in [0, 0.1) is 9.88 Å². The van der Waals surface area contributed by atoms with Crippen molar-refractivity contribution in [2.75, 3.05) is 264 Å². The molecule has 17 rings (SSSR count). The van der Waals surface area contributed by atoms with Gasteiger partial charge >= 0.3 is 0 Å². The van der Waals surface area contributed by atoms with Gasteiger partial charge in [0.25, 0.3) is 0 Å². The van der Waals surface area contributed by atoms with E-state index in [9.17, 15) is 0 Å². The first-order valence-electron chi connectivity index (χ1n) is 51.1. The third-order valence-electron chi connectivity index (χ3n) is 23.3. The van der Waals surface area contributed by atoms with Gasteiger partial charge in [-0.15, -0.1) is 0 Å². The summed E-state index contributed by atoms with van der Waals surface area (Å²) in [6, 6.07) is 33.7. The zero-order valence-corrected chi connectivity index (χ0v) is 96.8. The van der Waals surface area contributed by atoms with Gasteiger partial charge in [-0.3, -0.25) is 0 Å². The predicted octanol–water partition coefficient (Wildman–Crippen LogP) is 22.4. The zero-order chi connectivity index (χ0) is 96.4. The number of fused-ring (bicyclic) bond motifs is 6. The molecule has 10 aliphatic rings.